The summed E-state index contributed by atoms with van der Waals surface area (Å²) in [6, 6.07) is 9.96. The van der Waals surface area contributed by atoms with Crippen molar-refractivity contribution in [3.8, 4) is 0 Å². The molecule has 1 nitrogen and oxygen atoms in total. The largest absolute Gasteiger partial charge is 0.299 e. The number of halogens is 1. The van der Waals surface area contributed by atoms with E-state index in [1.54, 1.807) is 30.4 Å². The van der Waals surface area contributed by atoms with Crippen LogP contribution in [0.1, 0.15) is 23.3 Å². The van der Waals surface area contributed by atoms with Crippen molar-refractivity contribution in [1.82, 2.24) is 0 Å². The highest BCUT2D eigenvalue weighted by molar-refractivity contribution is 7.10. The summed E-state index contributed by atoms with van der Waals surface area (Å²) >= 11 is 1.54. The second-order valence-electron chi connectivity index (χ2n) is 3.61. The zero-order valence-electron chi connectivity index (χ0n) is 8.81. The van der Waals surface area contributed by atoms with Gasteiger partial charge in [-0.3, -0.25) is 4.79 Å². The predicted octanol–water partition coefficient (Wildman–Crippen LogP) is 3.61. The maximum atomic E-state index is 12.8. The Hall–Kier alpha value is -1.48. The van der Waals surface area contributed by atoms with E-state index in [0.717, 1.165) is 10.4 Å². The maximum absolute atomic E-state index is 12.8. The third kappa shape index (κ3) is 2.19. The number of hydrogen-bond donors (Lipinski definition) is 0. The van der Waals surface area contributed by atoms with Crippen LogP contribution in [0.2, 0.25) is 0 Å². The van der Waals surface area contributed by atoms with Crippen LogP contribution in [0.25, 0.3) is 0 Å². The van der Waals surface area contributed by atoms with Crippen molar-refractivity contribution in [2.45, 2.75) is 12.8 Å². The molecule has 0 saturated carbocycles. The molecule has 1 unspecified atom stereocenters. The fraction of sp³-hybridized carbons (Fsp3) is 0.154. The lowest BCUT2D eigenvalue weighted by Gasteiger charge is -2.12. The van der Waals surface area contributed by atoms with Crippen molar-refractivity contribution in [3.05, 3.63) is 58.0 Å². The molecule has 0 N–H and O–H groups in total. The van der Waals surface area contributed by atoms with E-state index in [0.29, 0.717) is 0 Å². The predicted molar refractivity (Wildman–Crippen MR) is 63.2 cm³/mol. The lowest BCUT2D eigenvalue weighted by atomic mass is 9.94. The SMILES string of the molecule is CC(=O)C(c1ccc(F)cc1)c1cccs1. The first-order valence-corrected chi connectivity index (χ1v) is 5.86. The standard InChI is InChI=1S/C13H11FOS/c1-9(15)13(12-3-2-8-16-12)10-4-6-11(14)7-5-10/h2-8,13H,1H3. The Morgan fingerprint density at radius 1 is 1.25 bits per heavy atom. The molecule has 0 aliphatic heterocycles. The Morgan fingerprint density at radius 3 is 2.44 bits per heavy atom. The summed E-state index contributed by atoms with van der Waals surface area (Å²) in [5, 5.41) is 1.94. The number of benzene rings is 1. The summed E-state index contributed by atoms with van der Waals surface area (Å²) in [5.74, 6) is -0.466. The molecule has 1 heterocycles. The van der Waals surface area contributed by atoms with Crippen LogP contribution < -0.4 is 0 Å². The molecular weight excluding hydrogens is 223 g/mol. The van der Waals surface area contributed by atoms with E-state index >= 15 is 0 Å². The maximum Gasteiger partial charge on any atom is 0.142 e. The number of thiophene rings is 1. The number of Topliss-reactive ketones (excluding diaryl/α,β-unsaturated/α-hetero) is 1. The lowest BCUT2D eigenvalue weighted by Crippen LogP contribution is -2.08. The molecule has 82 valence electrons. The number of carbonyl (C=O) groups is 1. The van der Waals surface area contributed by atoms with E-state index in [9.17, 15) is 9.18 Å². The summed E-state index contributed by atoms with van der Waals surface area (Å²) in [7, 11) is 0. The monoisotopic (exact) mass is 234 g/mol. The molecule has 0 spiro atoms. The third-order valence-corrected chi connectivity index (χ3v) is 3.37. The molecule has 0 radical (unpaired) electrons. The number of carbonyl (C=O) groups excluding carboxylic acids is 1. The Morgan fingerprint density at radius 2 is 1.94 bits per heavy atom. The summed E-state index contributed by atoms with van der Waals surface area (Å²) in [6.07, 6.45) is 0. The minimum atomic E-state index is -0.280. The smallest absolute Gasteiger partial charge is 0.142 e. The van der Waals surface area contributed by atoms with E-state index in [2.05, 4.69) is 0 Å². The molecule has 16 heavy (non-hydrogen) atoms. The van der Waals surface area contributed by atoms with E-state index in [-0.39, 0.29) is 17.5 Å². The molecular formula is C13H11FOS. The van der Waals surface area contributed by atoms with Crippen molar-refractivity contribution in [2.24, 2.45) is 0 Å². The second kappa shape index (κ2) is 4.58. The van der Waals surface area contributed by atoms with Gasteiger partial charge in [-0.05, 0) is 36.1 Å². The van der Waals surface area contributed by atoms with Gasteiger partial charge in [0.15, 0.2) is 0 Å². The van der Waals surface area contributed by atoms with Gasteiger partial charge < -0.3 is 0 Å². The second-order valence-corrected chi connectivity index (χ2v) is 4.59. The zero-order chi connectivity index (χ0) is 11.5. The average Bonchev–Trinajstić information content (AvgIpc) is 2.74. The Balaban J connectivity index is 2.41. The van der Waals surface area contributed by atoms with Crippen molar-refractivity contribution in [3.63, 3.8) is 0 Å². The molecule has 0 amide bonds. The van der Waals surface area contributed by atoms with E-state index in [1.807, 2.05) is 17.5 Å². The number of rotatable bonds is 3. The summed E-state index contributed by atoms with van der Waals surface area (Å²) < 4.78 is 12.8. The van der Waals surface area contributed by atoms with Gasteiger partial charge >= 0.3 is 0 Å². The Bertz CT molecular complexity index is 473. The van der Waals surface area contributed by atoms with Crippen LogP contribution in [0.4, 0.5) is 4.39 Å². The minimum Gasteiger partial charge on any atom is -0.299 e. The average molecular weight is 234 g/mol. The molecule has 2 aromatic rings. The molecule has 2 rings (SSSR count). The summed E-state index contributed by atoms with van der Waals surface area (Å²) in [6.45, 7) is 1.56. The van der Waals surface area contributed by atoms with Crippen LogP contribution >= 0.6 is 11.3 Å². The van der Waals surface area contributed by atoms with Gasteiger partial charge in [-0.1, -0.05) is 18.2 Å². The minimum absolute atomic E-state index is 0.0778. The Kier molecular flexibility index (Phi) is 3.15. The molecule has 1 atom stereocenters. The fourth-order valence-electron chi connectivity index (χ4n) is 1.71. The van der Waals surface area contributed by atoms with Crippen LogP contribution in [-0.4, -0.2) is 5.78 Å². The topological polar surface area (TPSA) is 17.1 Å². The molecule has 0 aliphatic carbocycles. The number of ketones is 1. The molecule has 1 aromatic carbocycles. The van der Waals surface area contributed by atoms with Gasteiger partial charge in [0.2, 0.25) is 0 Å². The quantitative estimate of drug-likeness (QED) is 0.793. The molecule has 3 heteroatoms. The third-order valence-electron chi connectivity index (χ3n) is 2.44. The first kappa shape index (κ1) is 11.0. The van der Waals surface area contributed by atoms with E-state index < -0.39 is 0 Å². The lowest BCUT2D eigenvalue weighted by molar-refractivity contribution is -0.117. The van der Waals surface area contributed by atoms with Crippen LogP contribution in [0.5, 0.6) is 0 Å². The van der Waals surface area contributed by atoms with Gasteiger partial charge in [0.1, 0.15) is 11.6 Å². The van der Waals surface area contributed by atoms with E-state index in [4.69, 9.17) is 0 Å². The van der Waals surface area contributed by atoms with Gasteiger partial charge in [-0.25, -0.2) is 4.39 Å². The van der Waals surface area contributed by atoms with Crippen LogP contribution in [-0.2, 0) is 4.79 Å². The fourth-order valence-corrected chi connectivity index (χ4v) is 2.62. The number of hydrogen-bond acceptors (Lipinski definition) is 2. The first-order chi connectivity index (χ1) is 7.68. The normalized spacial score (nSPS) is 12.4. The molecule has 0 saturated heterocycles. The highest BCUT2D eigenvalue weighted by atomic mass is 32.1. The molecule has 1 aromatic heterocycles. The van der Waals surface area contributed by atoms with Gasteiger partial charge in [-0.2, -0.15) is 0 Å². The first-order valence-electron chi connectivity index (χ1n) is 4.98. The van der Waals surface area contributed by atoms with Gasteiger partial charge in [-0.15, -0.1) is 11.3 Å². The van der Waals surface area contributed by atoms with Gasteiger partial charge in [0.05, 0.1) is 5.92 Å². The molecule has 0 fully saturated rings. The van der Waals surface area contributed by atoms with Gasteiger partial charge in [0, 0.05) is 4.88 Å². The van der Waals surface area contributed by atoms with Crippen LogP contribution in [0, 0.1) is 5.82 Å². The van der Waals surface area contributed by atoms with E-state index in [1.165, 1.54) is 12.1 Å². The highest BCUT2D eigenvalue weighted by Gasteiger charge is 2.19. The van der Waals surface area contributed by atoms with Crippen LogP contribution in [0.3, 0.4) is 0 Å². The van der Waals surface area contributed by atoms with Crippen molar-refractivity contribution in [1.29, 1.82) is 0 Å². The highest BCUT2D eigenvalue weighted by Crippen LogP contribution is 2.29. The van der Waals surface area contributed by atoms with Gasteiger partial charge in [0.25, 0.3) is 0 Å². The Labute approximate surface area is 97.6 Å². The summed E-state index contributed by atoms with van der Waals surface area (Å²) in [4.78, 5) is 12.6. The molecule has 0 aliphatic rings. The van der Waals surface area contributed by atoms with Crippen molar-refractivity contribution < 1.29 is 9.18 Å². The zero-order valence-corrected chi connectivity index (χ0v) is 9.63. The van der Waals surface area contributed by atoms with Crippen molar-refractivity contribution >= 4 is 17.1 Å². The van der Waals surface area contributed by atoms with Crippen LogP contribution in [0.15, 0.2) is 41.8 Å². The molecule has 0 bridgehead atoms. The summed E-state index contributed by atoms with van der Waals surface area (Å²) in [5.41, 5.74) is 0.844. The van der Waals surface area contributed by atoms with Crippen molar-refractivity contribution in [2.75, 3.05) is 0 Å².